The van der Waals surface area contributed by atoms with E-state index in [0.29, 0.717) is 0 Å². The van der Waals surface area contributed by atoms with Gasteiger partial charge in [0.2, 0.25) is 0 Å². The molecule has 3 nitrogen and oxygen atoms in total. The Morgan fingerprint density at radius 3 is 2.08 bits per heavy atom. The molecule has 0 saturated heterocycles. The smallest absolute Gasteiger partial charge is 0.226 e. The van der Waals surface area contributed by atoms with Crippen LogP contribution >= 0.6 is 12.2 Å². The molecule has 0 N–H and O–H groups in total. The van der Waals surface area contributed by atoms with E-state index in [-0.39, 0.29) is 16.1 Å². The molecule has 0 radical (unpaired) electrons. The lowest BCUT2D eigenvalue weighted by atomic mass is 9.92. The third-order valence-corrected chi connectivity index (χ3v) is 3.47. The van der Waals surface area contributed by atoms with Crippen molar-refractivity contribution in [2.45, 2.75) is 0 Å². The third kappa shape index (κ3) is 2.58. The molecule has 1 aliphatic rings. The maximum atomic E-state index is 14.1. The molecule has 1 aromatic rings. The molecular weight excluding hydrogens is 342 g/mol. The van der Waals surface area contributed by atoms with Crippen LogP contribution in [0.3, 0.4) is 0 Å². The van der Waals surface area contributed by atoms with Crippen LogP contribution in [0, 0.1) is 52.5 Å². The Labute approximate surface area is 138 Å². The van der Waals surface area contributed by atoms with Crippen molar-refractivity contribution >= 4 is 22.7 Å². The number of allylic oxidation sites excluding steroid dienone is 6. The average Bonchev–Trinajstić information content (AvgIpc) is 2.57. The second-order valence-corrected chi connectivity index (χ2v) is 4.84. The van der Waals surface area contributed by atoms with Crippen molar-refractivity contribution in [2.75, 3.05) is 0 Å². The summed E-state index contributed by atoms with van der Waals surface area (Å²) in [6, 6.07) is 2.63. The van der Waals surface area contributed by atoms with Gasteiger partial charge in [-0.05, 0) is 11.6 Å². The molecule has 1 aromatic carbocycles. The van der Waals surface area contributed by atoms with E-state index < -0.39 is 40.0 Å². The highest BCUT2D eigenvalue weighted by Crippen LogP contribution is 2.33. The summed E-state index contributed by atoms with van der Waals surface area (Å²) in [6.07, 6.45) is 3.44. The largest absolute Gasteiger partial charge is 0.268 e. The van der Waals surface area contributed by atoms with Crippen LogP contribution in [0.4, 0.5) is 17.6 Å². The Bertz CT molecular complexity index is 953. The minimum Gasteiger partial charge on any atom is -0.226 e. The first-order valence-electron chi connectivity index (χ1n) is 6.09. The predicted octanol–water partition coefficient (Wildman–Crippen LogP) is 4.13. The number of nitrogens with zero attached hydrogens (tertiary/aromatic N) is 3. The van der Waals surface area contributed by atoms with Crippen molar-refractivity contribution in [1.29, 1.82) is 10.5 Å². The van der Waals surface area contributed by atoms with Crippen LogP contribution in [0.1, 0.15) is 11.1 Å². The number of benzene rings is 1. The van der Waals surface area contributed by atoms with Crippen LogP contribution < -0.4 is 0 Å². The molecule has 8 heteroatoms. The Hall–Kier alpha value is -3.28. The van der Waals surface area contributed by atoms with E-state index in [4.69, 9.17) is 29.3 Å². The fourth-order valence-corrected chi connectivity index (χ4v) is 2.22. The van der Waals surface area contributed by atoms with Gasteiger partial charge in [0.15, 0.2) is 23.3 Å². The summed E-state index contributed by atoms with van der Waals surface area (Å²) in [7, 11) is 0. The van der Waals surface area contributed by atoms with Crippen molar-refractivity contribution in [1.82, 2.24) is 0 Å². The van der Waals surface area contributed by atoms with Crippen LogP contribution in [0.2, 0.25) is 0 Å². The molecule has 116 valence electrons. The van der Waals surface area contributed by atoms with E-state index in [1.54, 1.807) is 6.07 Å². The first-order chi connectivity index (χ1) is 11.4. The molecule has 0 atom stereocenters. The van der Waals surface area contributed by atoms with Gasteiger partial charge in [-0.3, -0.25) is 0 Å². The van der Waals surface area contributed by atoms with Gasteiger partial charge in [0.1, 0.15) is 11.6 Å². The van der Waals surface area contributed by atoms with Crippen molar-refractivity contribution in [3.63, 3.8) is 0 Å². The molecule has 2 rings (SSSR count). The summed E-state index contributed by atoms with van der Waals surface area (Å²) in [4.78, 5) is 2.79. The zero-order valence-corrected chi connectivity index (χ0v) is 12.3. The SMILES string of the molecule is [C-]#[N+]/C(C#N)=C1\C=CC(=S)C(c2c(F)c(F)c(C#N)c(F)c2F)=C1. The Morgan fingerprint density at radius 2 is 1.62 bits per heavy atom. The second kappa shape index (κ2) is 6.45. The lowest BCUT2D eigenvalue weighted by Gasteiger charge is -2.15. The number of nitriles is 2. The molecule has 0 amide bonds. The summed E-state index contributed by atoms with van der Waals surface area (Å²) in [5, 5.41) is 17.4. The summed E-state index contributed by atoms with van der Waals surface area (Å²) in [5.74, 6) is -7.26. The van der Waals surface area contributed by atoms with Gasteiger partial charge < -0.3 is 0 Å². The Balaban J connectivity index is 2.85. The van der Waals surface area contributed by atoms with E-state index in [1.165, 1.54) is 12.2 Å². The molecule has 1 aliphatic carbocycles. The lowest BCUT2D eigenvalue weighted by molar-refractivity contribution is 0.447. The normalized spacial score (nSPS) is 15.2. The van der Waals surface area contributed by atoms with Gasteiger partial charge in [-0.1, -0.05) is 24.4 Å². The summed E-state index contributed by atoms with van der Waals surface area (Å²) in [6.45, 7) is 6.87. The van der Waals surface area contributed by atoms with E-state index in [9.17, 15) is 17.6 Å². The van der Waals surface area contributed by atoms with Crippen LogP contribution in [-0.2, 0) is 0 Å². The first-order valence-corrected chi connectivity index (χ1v) is 6.50. The van der Waals surface area contributed by atoms with Gasteiger partial charge in [0, 0.05) is 10.4 Å². The average molecular weight is 345 g/mol. The van der Waals surface area contributed by atoms with Crippen molar-refractivity contribution in [3.05, 3.63) is 75.3 Å². The van der Waals surface area contributed by atoms with Crippen molar-refractivity contribution in [2.24, 2.45) is 0 Å². The van der Waals surface area contributed by atoms with E-state index in [1.807, 2.05) is 0 Å². The quantitative estimate of drug-likeness (QED) is 0.253. The van der Waals surface area contributed by atoms with Gasteiger partial charge in [-0.2, -0.15) is 5.26 Å². The molecule has 0 spiro atoms. The van der Waals surface area contributed by atoms with E-state index in [2.05, 4.69) is 4.85 Å². The monoisotopic (exact) mass is 345 g/mol. The number of hydrogen-bond acceptors (Lipinski definition) is 3. The molecule has 0 fully saturated rings. The highest BCUT2D eigenvalue weighted by atomic mass is 32.1. The van der Waals surface area contributed by atoms with E-state index in [0.717, 1.165) is 12.1 Å². The summed E-state index contributed by atoms with van der Waals surface area (Å²) < 4.78 is 55.8. The van der Waals surface area contributed by atoms with Crippen molar-refractivity contribution < 1.29 is 17.6 Å². The molecular formula is C16H3F4N3S. The fraction of sp³-hybridized carbons (Fsp3) is 0. The number of rotatable bonds is 1. The topological polar surface area (TPSA) is 51.9 Å². The van der Waals surface area contributed by atoms with Gasteiger partial charge >= 0.3 is 0 Å². The Kier molecular flexibility index (Phi) is 4.59. The lowest BCUT2D eigenvalue weighted by Crippen LogP contribution is -2.11. The van der Waals surface area contributed by atoms with Crippen LogP contribution in [0.15, 0.2) is 29.5 Å². The molecule has 24 heavy (non-hydrogen) atoms. The molecule has 0 unspecified atom stereocenters. The second-order valence-electron chi connectivity index (χ2n) is 4.40. The number of halogens is 4. The zero-order chi connectivity index (χ0) is 18.0. The third-order valence-electron chi connectivity index (χ3n) is 3.12. The maximum absolute atomic E-state index is 14.1. The molecule has 0 heterocycles. The maximum Gasteiger partial charge on any atom is 0.268 e. The van der Waals surface area contributed by atoms with Crippen LogP contribution in [0.5, 0.6) is 0 Å². The van der Waals surface area contributed by atoms with E-state index >= 15 is 0 Å². The fourth-order valence-electron chi connectivity index (χ4n) is 1.99. The van der Waals surface area contributed by atoms with Crippen LogP contribution in [-0.4, -0.2) is 4.86 Å². The summed E-state index contributed by atoms with van der Waals surface area (Å²) >= 11 is 4.91. The number of thiocarbonyl (C=S) groups is 1. The predicted molar refractivity (Wildman–Crippen MR) is 79.9 cm³/mol. The van der Waals surface area contributed by atoms with Crippen molar-refractivity contribution in [3.8, 4) is 12.1 Å². The standard InChI is InChI=1S/C16H3F4N3S/c1-23-10(6-22)7-2-3-11(24)8(4-7)12-15(19)13(17)9(5-21)14(18)16(12)20/h2-4H/b10-7+. The van der Waals surface area contributed by atoms with Crippen LogP contribution in [0.25, 0.3) is 10.4 Å². The Morgan fingerprint density at radius 1 is 1.04 bits per heavy atom. The summed E-state index contributed by atoms with van der Waals surface area (Å²) in [5.41, 5.74) is -3.29. The molecule has 0 bridgehead atoms. The van der Waals surface area contributed by atoms with Gasteiger partial charge in [-0.25, -0.2) is 27.7 Å². The first kappa shape index (κ1) is 17.1. The molecule has 0 aromatic heterocycles. The van der Waals surface area contributed by atoms with Gasteiger partial charge in [0.05, 0.1) is 18.2 Å². The minimum atomic E-state index is -1.85. The van der Waals surface area contributed by atoms with Gasteiger partial charge in [0.25, 0.3) is 5.70 Å². The van der Waals surface area contributed by atoms with Gasteiger partial charge in [-0.15, -0.1) is 0 Å². The molecule has 0 saturated carbocycles. The highest BCUT2D eigenvalue weighted by Gasteiger charge is 2.29. The molecule has 0 aliphatic heterocycles. The highest BCUT2D eigenvalue weighted by molar-refractivity contribution is 7.81. The zero-order valence-electron chi connectivity index (χ0n) is 11.5. The minimum absolute atomic E-state index is 0.0138. The number of hydrogen-bond donors (Lipinski definition) is 0.